The summed E-state index contributed by atoms with van der Waals surface area (Å²) in [7, 11) is 0. The van der Waals surface area contributed by atoms with Crippen molar-refractivity contribution in [2.75, 3.05) is 11.1 Å². The van der Waals surface area contributed by atoms with Crippen molar-refractivity contribution in [3.8, 4) is 0 Å². The lowest BCUT2D eigenvalue weighted by molar-refractivity contribution is 0.456. The van der Waals surface area contributed by atoms with Crippen LogP contribution in [0.5, 0.6) is 0 Å². The number of nitrogens with one attached hydrogen (secondary N) is 1. The number of thioether (sulfide) groups is 1. The van der Waals surface area contributed by atoms with Crippen molar-refractivity contribution in [3.05, 3.63) is 29.3 Å². The Hall–Kier alpha value is -0.960. The molecule has 1 aromatic carbocycles. The molecule has 0 aliphatic carbocycles. The van der Waals surface area contributed by atoms with Crippen molar-refractivity contribution in [3.63, 3.8) is 0 Å². The Bertz CT molecular complexity index is 441. The number of benzene rings is 1. The van der Waals surface area contributed by atoms with E-state index in [2.05, 4.69) is 51.2 Å². The number of rotatable bonds is 3. The maximum absolute atomic E-state index is 4.88. The van der Waals surface area contributed by atoms with E-state index in [4.69, 9.17) is 4.99 Å². The van der Waals surface area contributed by atoms with E-state index in [9.17, 15) is 0 Å². The number of nitrogens with zero attached hydrogens (tertiary/aromatic N) is 1. The van der Waals surface area contributed by atoms with Gasteiger partial charge >= 0.3 is 0 Å². The van der Waals surface area contributed by atoms with Gasteiger partial charge in [0.2, 0.25) is 0 Å². The molecule has 1 aliphatic heterocycles. The number of hydrogen-bond acceptors (Lipinski definition) is 3. The Morgan fingerprint density at radius 1 is 1.17 bits per heavy atom. The summed E-state index contributed by atoms with van der Waals surface area (Å²) in [4.78, 5) is 4.88. The molecule has 1 aromatic rings. The molecular weight excluding hydrogens is 240 g/mol. The van der Waals surface area contributed by atoms with Crippen LogP contribution in [0.1, 0.15) is 37.8 Å². The largest absolute Gasteiger partial charge is 0.335 e. The summed E-state index contributed by atoms with van der Waals surface area (Å²) in [5, 5.41) is 4.53. The second-order valence-corrected chi connectivity index (χ2v) is 6.10. The molecule has 0 amide bonds. The zero-order valence-electron chi connectivity index (χ0n) is 11.7. The van der Waals surface area contributed by atoms with Crippen LogP contribution in [0.4, 0.5) is 5.69 Å². The van der Waals surface area contributed by atoms with Crippen molar-refractivity contribution < 1.29 is 0 Å². The third-order valence-corrected chi connectivity index (χ3v) is 4.75. The van der Waals surface area contributed by atoms with Crippen LogP contribution in [0.15, 0.2) is 23.2 Å². The smallest absolute Gasteiger partial charge is 0.161 e. The highest BCUT2D eigenvalue weighted by Crippen LogP contribution is 2.33. The van der Waals surface area contributed by atoms with Crippen LogP contribution in [0.3, 0.4) is 0 Å². The standard InChI is InChI=1S/C15H22N2S/c1-5-15(6-2)10-18-14(17-15)16-13-8-11(3)7-12(4)9-13/h7-9H,5-6,10H2,1-4H3,(H,16,17). The van der Waals surface area contributed by atoms with Crippen molar-refractivity contribution >= 4 is 22.6 Å². The molecule has 0 saturated carbocycles. The van der Waals surface area contributed by atoms with Crippen LogP contribution in [-0.2, 0) is 0 Å². The summed E-state index contributed by atoms with van der Waals surface area (Å²) in [5.41, 5.74) is 3.89. The fraction of sp³-hybridized carbons (Fsp3) is 0.533. The molecule has 2 rings (SSSR count). The summed E-state index contributed by atoms with van der Waals surface area (Å²) in [6.45, 7) is 8.72. The van der Waals surface area contributed by atoms with Gasteiger partial charge < -0.3 is 5.32 Å². The minimum Gasteiger partial charge on any atom is -0.335 e. The first kappa shape index (κ1) is 13.5. The normalized spacial score (nSPS) is 17.7. The SMILES string of the molecule is CCC1(CC)CSC(Nc2cc(C)cc(C)c2)=N1. The van der Waals surface area contributed by atoms with E-state index in [1.165, 1.54) is 11.1 Å². The van der Waals surface area contributed by atoms with Gasteiger partial charge in [-0.1, -0.05) is 31.7 Å². The van der Waals surface area contributed by atoms with Crippen LogP contribution < -0.4 is 5.32 Å². The van der Waals surface area contributed by atoms with Gasteiger partial charge in [-0.2, -0.15) is 0 Å². The number of anilines is 1. The van der Waals surface area contributed by atoms with Gasteiger partial charge in [-0.3, -0.25) is 4.99 Å². The minimum atomic E-state index is 0.159. The van der Waals surface area contributed by atoms with Crippen molar-refractivity contribution in [2.45, 2.75) is 46.1 Å². The van der Waals surface area contributed by atoms with Gasteiger partial charge in [-0.25, -0.2) is 0 Å². The Morgan fingerprint density at radius 3 is 2.28 bits per heavy atom. The second kappa shape index (κ2) is 5.35. The van der Waals surface area contributed by atoms with Gasteiger partial charge in [0.1, 0.15) is 0 Å². The van der Waals surface area contributed by atoms with Gasteiger partial charge in [0.25, 0.3) is 0 Å². The molecule has 2 nitrogen and oxygen atoms in total. The van der Waals surface area contributed by atoms with E-state index in [0.717, 1.165) is 29.4 Å². The first-order valence-electron chi connectivity index (χ1n) is 6.65. The van der Waals surface area contributed by atoms with E-state index in [-0.39, 0.29) is 5.54 Å². The van der Waals surface area contributed by atoms with Crippen LogP contribution in [0.2, 0.25) is 0 Å². The molecule has 18 heavy (non-hydrogen) atoms. The minimum absolute atomic E-state index is 0.159. The van der Waals surface area contributed by atoms with Crippen molar-refractivity contribution in [1.82, 2.24) is 0 Å². The highest BCUT2D eigenvalue weighted by molar-refractivity contribution is 8.14. The number of aryl methyl sites for hydroxylation is 2. The Morgan fingerprint density at radius 2 is 1.78 bits per heavy atom. The Labute approximate surface area is 114 Å². The molecule has 1 N–H and O–H groups in total. The van der Waals surface area contributed by atoms with Gasteiger partial charge in [-0.05, 0) is 49.9 Å². The average molecular weight is 262 g/mol. The summed E-state index contributed by atoms with van der Waals surface area (Å²) in [6, 6.07) is 6.54. The molecule has 0 aromatic heterocycles. The monoisotopic (exact) mass is 262 g/mol. The maximum atomic E-state index is 4.88. The molecule has 0 spiro atoms. The zero-order valence-corrected chi connectivity index (χ0v) is 12.5. The van der Waals surface area contributed by atoms with E-state index in [0.29, 0.717) is 0 Å². The molecule has 0 fully saturated rings. The highest BCUT2D eigenvalue weighted by Gasteiger charge is 2.32. The molecular formula is C15H22N2S. The van der Waals surface area contributed by atoms with Crippen molar-refractivity contribution in [2.24, 2.45) is 4.99 Å². The molecule has 3 heteroatoms. The van der Waals surface area contributed by atoms with Crippen LogP contribution in [0, 0.1) is 13.8 Å². The molecule has 0 unspecified atom stereocenters. The van der Waals surface area contributed by atoms with E-state index in [1.54, 1.807) is 0 Å². The third-order valence-electron chi connectivity index (χ3n) is 3.61. The molecule has 1 aliphatic rings. The van der Waals surface area contributed by atoms with Crippen molar-refractivity contribution in [1.29, 1.82) is 0 Å². The highest BCUT2D eigenvalue weighted by atomic mass is 32.2. The molecule has 0 atom stereocenters. The summed E-state index contributed by atoms with van der Waals surface area (Å²) in [6.07, 6.45) is 2.24. The topological polar surface area (TPSA) is 24.4 Å². The zero-order chi connectivity index (χ0) is 13.2. The number of aliphatic imine (C=N–C) groups is 1. The third kappa shape index (κ3) is 2.89. The molecule has 0 bridgehead atoms. The second-order valence-electron chi connectivity index (χ2n) is 5.14. The van der Waals surface area contributed by atoms with E-state index in [1.807, 2.05) is 11.8 Å². The lowest BCUT2D eigenvalue weighted by Crippen LogP contribution is -2.24. The molecule has 1 heterocycles. The van der Waals surface area contributed by atoms with E-state index < -0.39 is 0 Å². The summed E-state index contributed by atoms with van der Waals surface area (Å²) in [5.74, 6) is 1.10. The quantitative estimate of drug-likeness (QED) is 0.874. The predicted molar refractivity (Wildman–Crippen MR) is 82.7 cm³/mol. The van der Waals surface area contributed by atoms with Gasteiger partial charge in [-0.15, -0.1) is 0 Å². The molecule has 0 saturated heterocycles. The fourth-order valence-corrected chi connectivity index (χ4v) is 3.66. The predicted octanol–water partition coefficient (Wildman–Crippen LogP) is 4.38. The van der Waals surface area contributed by atoms with Crippen LogP contribution in [-0.4, -0.2) is 16.5 Å². The summed E-state index contributed by atoms with van der Waals surface area (Å²) >= 11 is 1.84. The number of amidine groups is 1. The first-order valence-corrected chi connectivity index (χ1v) is 7.63. The van der Waals surface area contributed by atoms with E-state index >= 15 is 0 Å². The van der Waals surface area contributed by atoms with Gasteiger partial charge in [0, 0.05) is 11.4 Å². The molecule has 98 valence electrons. The lowest BCUT2D eigenvalue weighted by atomic mass is 9.97. The van der Waals surface area contributed by atoms with Gasteiger partial charge in [0.05, 0.1) is 5.54 Å². The Kier molecular flexibility index (Phi) is 4.00. The first-order chi connectivity index (χ1) is 8.57. The summed E-state index contributed by atoms with van der Waals surface area (Å²) < 4.78 is 0. The van der Waals surface area contributed by atoms with Crippen LogP contribution in [0.25, 0.3) is 0 Å². The lowest BCUT2D eigenvalue weighted by Gasteiger charge is -2.20. The van der Waals surface area contributed by atoms with Crippen LogP contribution >= 0.6 is 11.8 Å². The maximum Gasteiger partial charge on any atom is 0.161 e. The van der Waals surface area contributed by atoms with Gasteiger partial charge in [0.15, 0.2) is 5.17 Å². The fourth-order valence-electron chi connectivity index (χ4n) is 2.33. The Balaban J connectivity index is 2.15. The number of hydrogen-bond donors (Lipinski definition) is 1. The average Bonchev–Trinajstić information content (AvgIpc) is 2.72. The molecule has 0 radical (unpaired) electrons.